The maximum absolute atomic E-state index is 13.0. The summed E-state index contributed by atoms with van der Waals surface area (Å²) in [6.45, 7) is 7.14. The summed E-state index contributed by atoms with van der Waals surface area (Å²) in [6.07, 6.45) is 1.47. The van der Waals surface area contributed by atoms with E-state index in [4.69, 9.17) is 0 Å². The summed E-state index contributed by atoms with van der Waals surface area (Å²) in [6, 6.07) is 9.22. The van der Waals surface area contributed by atoms with Crippen molar-refractivity contribution >= 4 is 45.7 Å². The monoisotopic (exact) mass is 472 g/mol. The van der Waals surface area contributed by atoms with Crippen LogP contribution >= 0.6 is 23.1 Å². The highest BCUT2D eigenvalue weighted by atomic mass is 32.2. The summed E-state index contributed by atoms with van der Waals surface area (Å²) in [7, 11) is 1.77. The van der Waals surface area contributed by atoms with Gasteiger partial charge in [0.25, 0.3) is 5.56 Å². The Morgan fingerprint density at radius 1 is 1.16 bits per heavy atom. The van der Waals surface area contributed by atoms with Crippen LogP contribution in [0.1, 0.15) is 26.5 Å². The first-order valence-corrected chi connectivity index (χ1v) is 11.5. The molecule has 0 fully saturated rings. The van der Waals surface area contributed by atoms with E-state index in [1.807, 2.05) is 44.2 Å². The van der Waals surface area contributed by atoms with Gasteiger partial charge in [-0.15, -0.1) is 10.2 Å². The molecular weight excluding hydrogens is 448 g/mol. The number of benzene rings is 1. The van der Waals surface area contributed by atoms with E-state index < -0.39 is 5.25 Å². The van der Waals surface area contributed by atoms with Crippen LogP contribution in [0.25, 0.3) is 5.69 Å². The van der Waals surface area contributed by atoms with Gasteiger partial charge in [0, 0.05) is 13.1 Å². The molecule has 0 aliphatic heterocycles. The van der Waals surface area contributed by atoms with Crippen molar-refractivity contribution in [3.63, 3.8) is 0 Å². The van der Waals surface area contributed by atoms with E-state index in [1.54, 1.807) is 25.6 Å². The Morgan fingerprint density at radius 2 is 1.84 bits per heavy atom. The molecule has 0 aliphatic rings. The molecule has 0 saturated carbocycles. The average molecular weight is 473 g/mol. The fourth-order valence-electron chi connectivity index (χ4n) is 2.85. The molecule has 0 bridgehead atoms. The number of amides is 2. The van der Waals surface area contributed by atoms with Gasteiger partial charge in [-0.3, -0.25) is 24.4 Å². The summed E-state index contributed by atoms with van der Waals surface area (Å²) >= 11 is 2.38. The number of para-hydroxylation sites is 1. The molecule has 2 heterocycles. The second-order valence-electron chi connectivity index (χ2n) is 7.27. The van der Waals surface area contributed by atoms with Crippen LogP contribution in [0.15, 0.2) is 51.1 Å². The van der Waals surface area contributed by atoms with Crippen molar-refractivity contribution in [1.82, 2.24) is 19.6 Å². The zero-order valence-electron chi connectivity index (χ0n) is 18.4. The summed E-state index contributed by atoms with van der Waals surface area (Å²) in [4.78, 5) is 37.5. The second kappa shape index (κ2) is 9.96. The van der Waals surface area contributed by atoms with Crippen LogP contribution in [0, 0.1) is 6.92 Å². The summed E-state index contributed by atoms with van der Waals surface area (Å²) in [5.74, 6) is -0.607. The van der Waals surface area contributed by atoms with Crippen molar-refractivity contribution in [2.45, 2.75) is 37.3 Å². The lowest BCUT2D eigenvalue weighted by atomic mass is 10.3. The third kappa shape index (κ3) is 5.35. The van der Waals surface area contributed by atoms with Gasteiger partial charge in [-0.1, -0.05) is 46.9 Å². The predicted octanol–water partition coefficient (Wildman–Crippen LogP) is 3.36. The molecule has 0 spiro atoms. The van der Waals surface area contributed by atoms with Gasteiger partial charge in [0.1, 0.15) is 5.69 Å². The first-order valence-electron chi connectivity index (χ1n) is 9.78. The van der Waals surface area contributed by atoms with Gasteiger partial charge in [0.05, 0.1) is 16.6 Å². The molecule has 3 aromatic rings. The Morgan fingerprint density at radius 3 is 2.50 bits per heavy atom. The number of anilines is 2. The molecule has 3 rings (SSSR count). The van der Waals surface area contributed by atoms with Crippen molar-refractivity contribution in [2.75, 3.05) is 10.6 Å². The molecule has 2 amide bonds. The third-order valence-corrected chi connectivity index (χ3v) is 6.53. The normalized spacial score (nSPS) is 11.7. The lowest BCUT2D eigenvalue weighted by molar-refractivity contribution is -0.115. The van der Waals surface area contributed by atoms with Crippen LogP contribution in [-0.4, -0.2) is 36.6 Å². The smallest absolute Gasteiger partial charge is 0.295 e. The number of thioether (sulfide) groups is 1. The minimum absolute atomic E-state index is 0.237. The van der Waals surface area contributed by atoms with Crippen LogP contribution in [0.2, 0.25) is 0 Å². The molecule has 1 unspecified atom stereocenters. The van der Waals surface area contributed by atoms with Crippen molar-refractivity contribution in [3.8, 4) is 5.69 Å². The molecule has 0 saturated heterocycles. The Labute approximate surface area is 193 Å². The lowest BCUT2D eigenvalue weighted by Crippen LogP contribution is -2.27. The summed E-state index contributed by atoms with van der Waals surface area (Å²) < 4.78 is 3.75. The fourth-order valence-corrected chi connectivity index (χ4v) is 4.75. The van der Waals surface area contributed by atoms with Crippen molar-refractivity contribution in [3.05, 3.63) is 58.0 Å². The summed E-state index contributed by atoms with van der Waals surface area (Å²) in [5.41, 5.74) is 2.16. The number of aromatic nitrogens is 4. The summed E-state index contributed by atoms with van der Waals surface area (Å²) in [5, 5.41) is 13.2. The number of nitrogens with zero attached hydrogens (tertiary/aromatic N) is 4. The quantitative estimate of drug-likeness (QED) is 0.310. The van der Waals surface area contributed by atoms with Crippen LogP contribution in [-0.2, 0) is 16.6 Å². The Balaban J connectivity index is 1.70. The molecule has 0 radical (unpaired) electrons. The topological polar surface area (TPSA) is 111 Å². The predicted molar refractivity (Wildman–Crippen MR) is 128 cm³/mol. The number of carbonyl (C=O) groups is 2. The molecule has 1 atom stereocenters. The molecule has 9 nitrogen and oxygen atoms in total. The molecule has 1 aromatic carbocycles. The zero-order chi connectivity index (χ0) is 23.4. The van der Waals surface area contributed by atoms with E-state index in [0.717, 1.165) is 5.57 Å². The van der Waals surface area contributed by atoms with Gasteiger partial charge in [0.2, 0.25) is 16.9 Å². The van der Waals surface area contributed by atoms with Crippen LogP contribution in [0.5, 0.6) is 0 Å². The first-order chi connectivity index (χ1) is 15.2. The van der Waals surface area contributed by atoms with E-state index in [2.05, 4.69) is 20.8 Å². The van der Waals surface area contributed by atoms with Gasteiger partial charge >= 0.3 is 0 Å². The fraction of sp³-hybridized carbons (Fsp3) is 0.286. The molecule has 0 aliphatic carbocycles. The molecule has 11 heteroatoms. The zero-order valence-corrected chi connectivity index (χ0v) is 20.0. The van der Waals surface area contributed by atoms with Crippen molar-refractivity contribution in [1.29, 1.82) is 0 Å². The number of allylic oxidation sites excluding steroid dienone is 1. The van der Waals surface area contributed by atoms with Gasteiger partial charge in [-0.2, -0.15) is 0 Å². The third-order valence-electron chi connectivity index (χ3n) is 4.51. The standard InChI is InChI=1S/C21H24N6O3S2/c1-12(2)11-16(28)22-20-24-25-21(32-20)31-14(4)18(29)23-17-13(3)26(5)27(19(17)30)15-9-7-6-8-10-15/h6-11,14H,1-5H3,(H,23,29)(H,22,24,28). The van der Waals surface area contributed by atoms with Crippen LogP contribution < -0.4 is 16.2 Å². The maximum atomic E-state index is 13.0. The van der Waals surface area contributed by atoms with Crippen LogP contribution in [0.3, 0.4) is 0 Å². The molecule has 2 N–H and O–H groups in total. The maximum Gasteiger partial charge on any atom is 0.295 e. The van der Waals surface area contributed by atoms with Crippen molar-refractivity contribution < 1.29 is 9.59 Å². The van der Waals surface area contributed by atoms with E-state index in [0.29, 0.717) is 20.9 Å². The van der Waals surface area contributed by atoms with Gasteiger partial charge in [-0.25, -0.2) is 4.68 Å². The van der Waals surface area contributed by atoms with Gasteiger partial charge in [0.15, 0.2) is 4.34 Å². The number of hydrogen-bond acceptors (Lipinski definition) is 7. The largest absolute Gasteiger partial charge is 0.319 e. The molecule has 2 aromatic heterocycles. The number of hydrogen-bond donors (Lipinski definition) is 2. The Bertz CT molecular complexity index is 1220. The van der Waals surface area contributed by atoms with Crippen molar-refractivity contribution in [2.24, 2.45) is 7.05 Å². The minimum atomic E-state index is -0.534. The average Bonchev–Trinajstić information content (AvgIpc) is 3.25. The van der Waals surface area contributed by atoms with Gasteiger partial charge < -0.3 is 5.32 Å². The number of carbonyl (C=O) groups excluding carboxylic acids is 2. The van der Waals surface area contributed by atoms with Gasteiger partial charge in [-0.05, 0) is 39.8 Å². The Kier molecular flexibility index (Phi) is 7.31. The first kappa shape index (κ1) is 23.5. The van der Waals surface area contributed by atoms with E-state index in [-0.39, 0.29) is 23.1 Å². The highest BCUT2D eigenvalue weighted by Gasteiger charge is 2.22. The molecule has 32 heavy (non-hydrogen) atoms. The number of nitrogens with one attached hydrogen (secondary N) is 2. The Hall–Kier alpha value is -3.18. The highest BCUT2D eigenvalue weighted by molar-refractivity contribution is 8.02. The van der Waals surface area contributed by atoms with Crippen LogP contribution in [0.4, 0.5) is 10.8 Å². The number of rotatable bonds is 7. The minimum Gasteiger partial charge on any atom is -0.319 e. The molecule has 168 valence electrons. The molecular formula is C21H24N6O3S2. The van der Waals surface area contributed by atoms with E-state index in [1.165, 1.54) is 33.9 Å². The lowest BCUT2D eigenvalue weighted by Gasteiger charge is -2.09. The SMILES string of the molecule is CC(C)=CC(=O)Nc1nnc(SC(C)C(=O)Nc2c(C)n(C)n(-c3ccccc3)c2=O)s1. The van der Waals surface area contributed by atoms with E-state index >= 15 is 0 Å². The second-order valence-corrected chi connectivity index (χ2v) is 9.84. The van der Waals surface area contributed by atoms with E-state index in [9.17, 15) is 14.4 Å². The highest BCUT2D eigenvalue weighted by Crippen LogP contribution is 2.29.